The van der Waals surface area contributed by atoms with Crippen LogP contribution < -0.4 is 10.2 Å². The van der Waals surface area contributed by atoms with Crippen molar-refractivity contribution in [1.29, 1.82) is 0 Å². The van der Waals surface area contributed by atoms with E-state index in [0.29, 0.717) is 24.7 Å². The molecule has 5 nitrogen and oxygen atoms in total. The van der Waals surface area contributed by atoms with E-state index >= 15 is 0 Å². The molecule has 0 aromatic heterocycles. The highest BCUT2D eigenvalue weighted by Gasteiger charge is 2.33. The number of carbonyl (C=O) groups excluding carboxylic acids is 2. The van der Waals surface area contributed by atoms with Crippen LogP contribution in [-0.2, 0) is 11.3 Å². The van der Waals surface area contributed by atoms with Gasteiger partial charge < -0.3 is 10.2 Å². The monoisotopic (exact) mass is 296 g/mol. The molecule has 0 radical (unpaired) electrons. The van der Waals surface area contributed by atoms with Gasteiger partial charge in [-0.15, -0.1) is 0 Å². The average Bonchev–Trinajstić information content (AvgIpc) is 2.83. The molecule has 1 aromatic rings. The molecular weight excluding hydrogens is 278 g/mol. The maximum atomic E-state index is 12.3. The fraction of sp³-hybridized carbons (Fsp3) is 0.429. The van der Waals surface area contributed by atoms with Crippen LogP contribution in [0.25, 0.3) is 0 Å². The summed E-state index contributed by atoms with van der Waals surface area (Å²) in [5.74, 6) is -0.139. The fourth-order valence-electron chi connectivity index (χ4n) is 2.25. The van der Waals surface area contributed by atoms with Crippen LogP contribution in [0.4, 0.5) is 4.79 Å². The predicted octanol–water partition coefficient (Wildman–Crippen LogP) is 0.295. The van der Waals surface area contributed by atoms with E-state index in [2.05, 4.69) is 5.32 Å². The van der Waals surface area contributed by atoms with Crippen LogP contribution in [0.15, 0.2) is 24.3 Å². The summed E-state index contributed by atoms with van der Waals surface area (Å²) in [6.45, 7) is 3.51. The summed E-state index contributed by atoms with van der Waals surface area (Å²) < 4.78 is 0. The molecule has 20 heavy (non-hydrogen) atoms. The lowest BCUT2D eigenvalue weighted by molar-refractivity contribution is -0.908. The molecule has 2 rings (SSSR count). The van der Waals surface area contributed by atoms with E-state index in [1.54, 1.807) is 0 Å². The second-order valence-electron chi connectivity index (χ2n) is 5.10. The van der Waals surface area contributed by atoms with Gasteiger partial charge in [0.2, 0.25) is 0 Å². The molecule has 1 aliphatic heterocycles. The van der Waals surface area contributed by atoms with E-state index in [0.717, 1.165) is 10.5 Å². The molecule has 108 valence electrons. The molecular formula is C14H19ClN3O2+. The fourth-order valence-corrected chi connectivity index (χ4v) is 2.46. The Kier molecular flexibility index (Phi) is 4.62. The van der Waals surface area contributed by atoms with Gasteiger partial charge in [0.15, 0.2) is 6.04 Å². The third kappa shape index (κ3) is 3.29. The molecule has 1 saturated heterocycles. The van der Waals surface area contributed by atoms with E-state index in [-0.39, 0.29) is 18.0 Å². The first-order valence-electron chi connectivity index (χ1n) is 6.65. The number of quaternary nitrogens is 1. The number of carbonyl (C=O) groups is 2. The molecule has 2 atom stereocenters. The van der Waals surface area contributed by atoms with Crippen molar-refractivity contribution >= 4 is 23.5 Å². The van der Waals surface area contributed by atoms with Crippen molar-refractivity contribution in [3.8, 4) is 0 Å². The predicted molar refractivity (Wildman–Crippen MR) is 76.6 cm³/mol. The number of nitrogens with zero attached hydrogens (tertiary/aromatic N) is 1. The van der Waals surface area contributed by atoms with Crippen molar-refractivity contribution in [3.05, 3.63) is 34.9 Å². The zero-order valence-electron chi connectivity index (χ0n) is 11.6. The number of hydrogen-bond acceptors (Lipinski definition) is 2. The third-order valence-corrected chi connectivity index (χ3v) is 3.84. The molecule has 1 aromatic carbocycles. The molecule has 2 N–H and O–H groups in total. The first-order chi connectivity index (χ1) is 9.49. The van der Waals surface area contributed by atoms with Crippen molar-refractivity contribution in [2.45, 2.75) is 19.5 Å². The minimum atomic E-state index is -0.294. The molecule has 0 aliphatic carbocycles. The summed E-state index contributed by atoms with van der Waals surface area (Å²) in [6.07, 6.45) is 0. The minimum Gasteiger partial charge on any atom is -0.336 e. The van der Waals surface area contributed by atoms with Crippen molar-refractivity contribution in [2.75, 3.05) is 20.1 Å². The summed E-state index contributed by atoms with van der Waals surface area (Å²) in [4.78, 5) is 26.1. The number of urea groups is 1. The van der Waals surface area contributed by atoms with Crippen LogP contribution in [0.3, 0.4) is 0 Å². The Morgan fingerprint density at radius 1 is 1.55 bits per heavy atom. The SMILES string of the molecule is C[C@H](C(=O)N1CCNC1=O)[NH+](C)Cc1cccc(Cl)c1. The number of hydrogen-bond donors (Lipinski definition) is 2. The van der Waals surface area contributed by atoms with E-state index < -0.39 is 0 Å². The highest BCUT2D eigenvalue weighted by Crippen LogP contribution is 2.09. The number of halogens is 1. The maximum Gasteiger partial charge on any atom is 0.324 e. The Morgan fingerprint density at radius 2 is 2.30 bits per heavy atom. The average molecular weight is 297 g/mol. The van der Waals surface area contributed by atoms with Gasteiger partial charge in [-0.25, -0.2) is 4.79 Å². The first kappa shape index (κ1) is 14.8. The zero-order chi connectivity index (χ0) is 14.7. The summed E-state index contributed by atoms with van der Waals surface area (Å²) in [5, 5.41) is 3.33. The Bertz CT molecular complexity index is 521. The van der Waals surface area contributed by atoms with Crippen LogP contribution in [0.5, 0.6) is 0 Å². The van der Waals surface area contributed by atoms with Crippen LogP contribution in [0.2, 0.25) is 5.02 Å². The van der Waals surface area contributed by atoms with Gasteiger partial charge in [0, 0.05) is 23.7 Å². The summed E-state index contributed by atoms with van der Waals surface area (Å²) >= 11 is 5.96. The molecule has 0 saturated carbocycles. The van der Waals surface area contributed by atoms with Gasteiger partial charge >= 0.3 is 6.03 Å². The molecule has 0 bridgehead atoms. The Labute approximate surface area is 123 Å². The molecule has 1 aliphatic rings. The maximum absolute atomic E-state index is 12.3. The van der Waals surface area contributed by atoms with Gasteiger partial charge in [0.1, 0.15) is 6.54 Å². The standard InChI is InChI=1S/C14H18ClN3O2/c1-10(13(19)18-7-6-16-14(18)20)17(2)9-11-4-3-5-12(15)8-11/h3-5,8,10H,6-7,9H2,1-2H3,(H,16,20)/p+1/t10-/m1/s1. The summed E-state index contributed by atoms with van der Waals surface area (Å²) in [6, 6.07) is 7.02. The quantitative estimate of drug-likeness (QED) is 0.839. The number of rotatable bonds is 4. The molecule has 0 spiro atoms. The van der Waals surface area contributed by atoms with E-state index in [1.165, 1.54) is 4.90 Å². The number of amides is 3. The van der Waals surface area contributed by atoms with Crippen LogP contribution in [-0.4, -0.2) is 43.0 Å². The van der Waals surface area contributed by atoms with Crippen molar-refractivity contribution in [2.24, 2.45) is 0 Å². The second-order valence-corrected chi connectivity index (χ2v) is 5.53. The van der Waals surface area contributed by atoms with Gasteiger partial charge in [0.25, 0.3) is 5.91 Å². The zero-order valence-corrected chi connectivity index (χ0v) is 12.4. The highest BCUT2D eigenvalue weighted by atomic mass is 35.5. The third-order valence-electron chi connectivity index (χ3n) is 3.60. The normalized spacial score (nSPS) is 17.8. The Balaban J connectivity index is 1.99. The van der Waals surface area contributed by atoms with Crippen molar-refractivity contribution in [1.82, 2.24) is 10.2 Å². The van der Waals surface area contributed by atoms with E-state index in [4.69, 9.17) is 11.6 Å². The van der Waals surface area contributed by atoms with Crippen LogP contribution in [0, 0.1) is 0 Å². The number of imide groups is 1. The van der Waals surface area contributed by atoms with Gasteiger partial charge in [-0.3, -0.25) is 9.69 Å². The lowest BCUT2D eigenvalue weighted by Gasteiger charge is -2.24. The smallest absolute Gasteiger partial charge is 0.324 e. The Morgan fingerprint density at radius 3 is 2.90 bits per heavy atom. The molecule has 3 amide bonds. The van der Waals surface area contributed by atoms with Crippen molar-refractivity contribution < 1.29 is 14.5 Å². The topological polar surface area (TPSA) is 53.9 Å². The minimum absolute atomic E-state index is 0.139. The second kappa shape index (κ2) is 6.24. The molecule has 1 unspecified atom stereocenters. The summed E-state index contributed by atoms with van der Waals surface area (Å²) in [7, 11) is 1.94. The molecule has 1 fully saturated rings. The first-order valence-corrected chi connectivity index (χ1v) is 7.03. The van der Waals surface area contributed by atoms with Gasteiger partial charge in [-0.1, -0.05) is 23.7 Å². The molecule has 1 heterocycles. The van der Waals surface area contributed by atoms with E-state index in [1.807, 2.05) is 38.2 Å². The van der Waals surface area contributed by atoms with Crippen molar-refractivity contribution in [3.63, 3.8) is 0 Å². The molecule has 6 heteroatoms. The highest BCUT2D eigenvalue weighted by molar-refractivity contribution is 6.30. The lowest BCUT2D eigenvalue weighted by Crippen LogP contribution is -3.12. The van der Waals surface area contributed by atoms with Crippen LogP contribution in [0.1, 0.15) is 12.5 Å². The summed E-state index contributed by atoms with van der Waals surface area (Å²) in [5.41, 5.74) is 1.07. The number of benzene rings is 1. The van der Waals surface area contributed by atoms with Gasteiger partial charge in [-0.05, 0) is 19.1 Å². The lowest BCUT2D eigenvalue weighted by atomic mass is 10.2. The largest absolute Gasteiger partial charge is 0.336 e. The van der Waals surface area contributed by atoms with Crippen LogP contribution >= 0.6 is 11.6 Å². The number of nitrogens with one attached hydrogen (secondary N) is 2. The Hall–Kier alpha value is -1.59. The van der Waals surface area contributed by atoms with E-state index in [9.17, 15) is 9.59 Å². The van der Waals surface area contributed by atoms with Gasteiger partial charge in [-0.2, -0.15) is 0 Å². The van der Waals surface area contributed by atoms with Gasteiger partial charge in [0.05, 0.1) is 7.05 Å². The number of likely N-dealkylation sites (N-methyl/N-ethyl adjacent to an activating group) is 1.